The standard InChI is InChI=1S/C14H18ClN3/c1-4-16-14(13-7-8-17-18(13)3)11-6-5-10(2)12(15)9-11/h5-9,14,16H,4H2,1-3H3. The molecule has 1 aromatic carbocycles. The highest BCUT2D eigenvalue weighted by molar-refractivity contribution is 6.31. The molecule has 4 heteroatoms. The van der Waals surface area contributed by atoms with Gasteiger partial charge in [0.2, 0.25) is 0 Å². The van der Waals surface area contributed by atoms with Crippen LogP contribution in [0.3, 0.4) is 0 Å². The van der Waals surface area contributed by atoms with E-state index in [1.54, 1.807) is 0 Å². The van der Waals surface area contributed by atoms with Crippen molar-refractivity contribution in [2.45, 2.75) is 19.9 Å². The number of rotatable bonds is 4. The highest BCUT2D eigenvalue weighted by Crippen LogP contribution is 2.25. The first-order valence-electron chi connectivity index (χ1n) is 6.10. The van der Waals surface area contributed by atoms with E-state index in [2.05, 4.69) is 29.5 Å². The van der Waals surface area contributed by atoms with Crippen LogP contribution in [0.15, 0.2) is 30.5 Å². The Morgan fingerprint density at radius 3 is 2.72 bits per heavy atom. The van der Waals surface area contributed by atoms with Crippen LogP contribution in [0.5, 0.6) is 0 Å². The van der Waals surface area contributed by atoms with Crippen molar-refractivity contribution in [1.82, 2.24) is 15.1 Å². The van der Waals surface area contributed by atoms with Crippen molar-refractivity contribution in [1.29, 1.82) is 0 Å². The summed E-state index contributed by atoms with van der Waals surface area (Å²) in [5.41, 5.74) is 3.40. The molecular weight excluding hydrogens is 246 g/mol. The van der Waals surface area contributed by atoms with E-state index in [-0.39, 0.29) is 6.04 Å². The smallest absolute Gasteiger partial charge is 0.0748 e. The SMILES string of the molecule is CCNC(c1ccc(C)c(Cl)c1)c1ccnn1C. The van der Waals surface area contributed by atoms with Crippen LogP contribution >= 0.6 is 11.6 Å². The van der Waals surface area contributed by atoms with Gasteiger partial charge in [0.15, 0.2) is 0 Å². The zero-order chi connectivity index (χ0) is 13.1. The van der Waals surface area contributed by atoms with E-state index in [1.807, 2.05) is 37.0 Å². The lowest BCUT2D eigenvalue weighted by molar-refractivity contribution is 0.572. The number of hydrogen-bond donors (Lipinski definition) is 1. The van der Waals surface area contributed by atoms with E-state index in [0.29, 0.717) is 0 Å². The monoisotopic (exact) mass is 263 g/mol. The number of aryl methyl sites for hydroxylation is 2. The molecule has 0 aliphatic carbocycles. The molecule has 0 aliphatic rings. The van der Waals surface area contributed by atoms with Gasteiger partial charge < -0.3 is 5.32 Å². The summed E-state index contributed by atoms with van der Waals surface area (Å²) in [7, 11) is 1.95. The van der Waals surface area contributed by atoms with Crippen molar-refractivity contribution in [3.8, 4) is 0 Å². The topological polar surface area (TPSA) is 29.9 Å². The van der Waals surface area contributed by atoms with Gasteiger partial charge >= 0.3 is 0 Å². The third-order valence-electron chi connectivity index (χ3n) is 3.09. The fraction of sp³-hybridized carbons (Fsp3) is 0.357. The number of nitrogens with one attached hydrogen (secondary N) is 1. The maximum absolute atomic E-state index is 6.21. The lowest BCUT2D eigenvalue weighted by Gasteiger charge is -2.19. The fourth-order valence-electron chi connectivity index (χ4n) is 2.05. The van der Waals surface area contributed by atoms with Crippen molar-refractivity contribution in [3.05, 3.63) is 52.3 Å². The molecular formula is C14H18ClN3. The summed E-state index contributed by atoms with van der Waals surface area (Å²) in [4.78, 5) is 0. The molecule has 1 atom stereocenters. The van der Waals surface area contributed by atoms with Gasteiger partial charge in [0.05, 0.1) is 11.7 Å². The van der Waals surface area contributed by atoms with Crippen LogP contribution in [0.4, 0.5) is 0 Å². The number of hydrogen-bond acceptors (Lipinski definition) is 2. The molecule has 2 rings (SSSR count). The van der Waals surface area contributed by atoms with Gasteiger partial charge in [0.25, 0.3) is 0 Å². The van der Waals surface area contributed by atoms with Gasteiger partial charge in [-0.1, -0.05) is 30.7 Å². The van der Waals surface area contributed by atoms with Crippen LogP contribution in [0.25, 0.3) is 0 Å². The molecule has 1 heterocycles. The first kappa shape index (κ1) is 13.1. The van der Waals surface area contributed by atoms with Crippen molar-refractivity contribution in [2.75, 3.05) is 6.54 Å². The Morgan fingerprint density at radius 1 is 1.39 bits per heavy atom. The van der Waals surface area contributed by atoms with E-state index in [1.165, 1.54) is 0 Å². The lowest BCUT2D eigenvalue weighted by Crippen LogP contribution is -2.24. The Bertz CT molecular complexity index is 534. The molecule has 3 nitrogen and oxygen atoms in total. The molecule has 18 heavy (non-hydrogen) atoms. The van der Waals surface area contributed by atoms with Crippen molar-refractivity contribution in [2.24, 2.45) is 7.05 Å². The van der Waals surface area contributed by atoms with Crippen LogP contribution in [0.1, 0.15) is 29.8 Å². The van der Waals surface area contributed by atoms with Gasteiger partial charge in [-0.15, -0.1) is 0 Å². The first-order chi connectivity index (χ1) is 8.63. The molecule has 96 valence electrons. The second-order valence-electron chi connectivity index (χ2n) is 4.38. The minimum Gasteiger partial charge on any atom is -0.305 e. The summed E-state index contributed by atoms with van der Waals surface area (Å²) >= 11 is 6.21. The second-order valence-corrected chi connectivity index (χ2v) is 4.79. The molecule has 0 bridgehead atoms. The summed E-state index contributed by atoms with van der Waals surface area (Å²) in [5, 5.41) is 8.50. The summed E-state index contributed by atoms with van der Waals surface area (Å²) in [6.07, 6.45) is 1.81. The van der Waals surface area contributed by atoms with Gasteiger partial charge in [0, 0.05) is 18.3 Å². The third-order valence-corrected chi connectivity index (χ3v) is 3.50. The van der Waals surface area contributed by atoms with E-state index in [0.717, 1.165) is 28.4 Å². The van der Waals surface area contributed by atoms with Gasteiger partial charge in [-0.05, 0) is 36.7 Å². The lowest BCUT2D eigenvalue weighted by atomic mass is 10.0. The van der Waals surface area contributed by atoms with Crippen LogP contribution < -0.4 is 5.32 Å². The Kier molecular flexibility index (Phi) is 4.04. The highest BCUT2D eigenvalue weighted by atomic mass is 35.5. The van der Waals surface area contributed by atoms with Crippen molar-refractivity contribution in [3.63, 3.8) is 0 Å². The average molecular weight is 264 g/mol. The van der Waals surface area contributed by atoms with E-state index in [4.69, 9.17) is 11.6 Å². The van der Waals surface area contributed by atoms with Crippen LogP contribution in [0, 0.1) is 6.92 Å². The molecule has 0 radical (unpaired) electrons. The zero-order valence-electron chi connectivity index (χ0n) is 10.9. The maximum atomic E-state index is 6.21. The van der Waals surface area contributed by atoms with E-state index < -0.39 is 0 Å². The quantitative estimate of drug-likeness (QED) is 0.919. The van der Waals surface area contributed by atoms with Gasteiger partial charge in [-0.25, -0.2) is 0 Å². The molecule has 1 unspecified atom stereocenters. The number of aromatic nitrogens is 2. The minimum absolute atomic E-state index is 0.126. The van der Waals surface area contributed by atoms with Gasteiger partial charge in [-0.2, -0.15) is 5.10 Å². The molecule has 0 amide bonds. The minimum atomic E-state index is 0.126. The Morgan fingerprint density at radius 2 is 2.17 bits per heavy atom. The van der Waals surface area contributed by atoms with Crippen LogP contribution in [0.2, 0.25) is 5.02 Å². The normalized spacial score (nSPS) is 12.7. The van der Waals surface area contributed by atoms with Gasteiger partial charge in [-0.3, -0.25) is 4.68 Å². The second kappa shape index (κ2) is 5.55. The summed E-state index contributed by atoms with van der Waals surface area (Å²) in [6, 6.07) is 8.35. The van der Waals surface area contributed by atoms with Gasteiger partial charge in [0.1, 0.15) is 0 Å². The Hall–Kier alpha value is -1.32. The van der Waals surface area contributed by atoms with Crippen LogP contribution in [-0.2, 0) is 7.05 Å². The molecule has 0 saturated carbocycles. The Labute approximate surface area is 113 Å². The maximum Gasteiger partial charge on any atom is 0.0748 e. The molecule has 1 N–H and O–H groups in total. The fourth-order valence-corrected chi connectivity index (χ4v) is 2.24. The zero-order valence-corrected chi connectivity index (χ0v) is 11.7. The highest BCUT2D eigenvalue weighted by Gasteiger charge is 2.16. The molecule has 0 fully saturated rings. The van der Waals surface area contributed by atoms with Crippen molar-refractivity contribution < 1.29 is 0 Å². The molecule has 0 saturated heterocycles. The molecule has 1 aromatic heterocycles. The average Bonchev–Trinajstić information content (AvgIpc) is 2.76. The Balaban J connectivity index is 2.41. The number of benzene rings is 1. The predicted molar refractivity (Wildman–Crippen MR) is 74.9 cm³/mol. The molecule has 2 aromatic rings. The summed E-state index contributed by atoms with van der Waals surface area (Å²) in [6.45, 7) is 5.00. The van der Waals surface area contributed by atoms with E-state index in [9.17, 15) is 0 Å². The number of nitrogens with zero attached hydrogens (tertiary/aromatic N) is 2. The van der Waals surface area contributed by atoms with Crippen LogP contribution in [-0.4, -0.2) is 16.3 Å². The van der Waals surface area contributed by atoms with Crippen molar-refractivity contribution >= 4 is 11.6 Å². The largest absolute Gasteiger partial charge is 0.305 e. The molecule has 0 spiro atoms. The van der Waals surface area contributed by atoms with E-state index >= 15 is 0 Å². The first-order valence-corrected chi connectivity index (χ1v) is 6.48. The predicted octanol–water partition coefficient (Wildman–Crippen LogP) is 3.08. The third kappa shape index (κ3) is 2.57. The summed E-state index contributed by atoms with van der Waals surface area (Å²) in [5.74, 6) is 0. The summed E-state index contributed by atoms with van der Waals surface area (Å²) < 4.78 is 1.89. The number of halogens is 1. The molecule has 0 aliphatic heterocycles.